The maximum atomic E-state index is 13.1. The van der Waals surface area contributed by atoms with Crippen molar-refractivity contribution in [2.45, 2.75) is 44.7 Å². The average Bonchev–Trinajstić information content (AvgIpc) is 3.14. The molecule has 1 spiro atoms. The van der Waals surface area contributed by atoms with Gasteiger partial charge in [-0.05, 0) is 60.2 Å². The number of halogens is 1. The number of ketones is 1. The minimum Gasteiger partial charge on any atom is -0.335 e. The number of amides is 1. The summed E-state index contributed by atoms with van der Waals surface area (Å²) < 4.78 is 0. The second-order valence-corrected chi connectivity index (χ2v) is 8.55. The van der Waals surface area contributed by atoms with Crippen LogP contribution in [0.3, 0.4) is 0 Å². The molecule has 1 saturated carbocycles. The van der Waals surface area contributed by atoms with Crippen molar-refractivity contribution in [1.29, 1.82) is 0 Å². The van der Waals surface area contributed by atoms with Gasteiger partial charge in [0.15, 0.2) is 5.78 Å². The molecule has 2 heterocycles. The first-order chi connectivity index (χ1) is 13.2. The zero-order valence-corrected chi connectivity index (χ0v) is 17.6. The van der Waals surface area contributed by atoms with E-state index in [1.807, 2.05) is 30.3 Å². The van der Waals surface area contributed by atoms with Crippen molar-refractivity contribution in [1.82, 2.24) is 10.2 Å². The molecule has 1 N–H and O–H groups in total. The third-order valence-corrected chi connectivity index (χ3v) is 6.77. The van der Waals surface area contributed by atoms with Gasteiger partial charge in [0.1, 0.15) is 0 Å². The van der Waals surface area contributed by atoms with Crippen LogP contribution in [0.1, 0.15) is 48.0 Å². The lowest BCUT2D eigenvalue weighted by atomic mass is 9.93. The minimum atomic E-state index is 0. The molecule has 6 heteroatoms. The van der Waals surface area contributed by atoms with Gasteiger partial charge >= 0.3 is 0 Å². The van der Waals surface area contributed by atoms with Gasteiger partial charge in [-0.15, -0.1) is 12.4 Å². The van der Waals surface area contributed by atoms with E-state index in [9.17, 15) is 9.59 Å². The maximum absolute atomic E-state index is 13.1. The quantitative estimate of drug-likeness (QED) is 0.682. The van der Waals surface area contributed by atoms with E-state index in [2.05, 4.69) is 27.0 Å². The molecule has 4 rings (SSSR count). The second-order valence-electron chi connectivity index (χ2n) is 7.77. The van der Waals surface area contributed by atoms with Crippen molar-refractivity contribution in [3.63, 3.8) is 0 Å². The molecule has 1 unspecified atom stereocenters. The standard InChI is InChI=1S/C22H26N2O2S.ClH/c25-19(18-4-2-1-3-5-18)6-7-21(26)24(15-17-8-13-27-16-17)20-14-22(20)9-11-23-12-10-22;/h1-5,8,13,16,20,23H,6-7,9-12,14-15H2;1H. The van der Waals surface area contributed by atoms with Gasteiger partial charge in [-0.25, -0.2) is 0 Å². The van der Waals surface area contributed by atoms with E-state index >= 15 is 0 Å². The molecule has 4 nitrogen and oxygen atoms in total. The zero-order valence-electron chi connectivity index (χ0n) is 15.9. The normalized spacial score (nSPS) is 19.6. The van der Waals surface area contributed by atoms with E-state index in [-0.39, 0.29) is 30.5 Å². The Hall–Kier alpha value is -1.69. The molecule has 1 atom stereocenters. The van der Waals surface area contributed by atoms with Gasteiger partial charge in [0.25, 0.3) is 0 Å². The Bertz CT molecular complexity index is 788. The predicted octanol–water partition coefficient (Wildman–Crippen LogP) is 4.30. The Morgan fingerprint density at radius 3 is 2.54 bits per heavy atom. The Balaban J connectivity index is 0.00000225. The number of piperidine rings is 1. The summed E-state index contributed by atoms with van der Waals surface area (Å²) in [7, 11) is 0. The number of rotatable bonds is 7. The molecule has 0 radical (unpaired) electrons. The van der Waals surface area contributed by atoms with Gasteiger partial charge in [0.05, 0.1) is 0 Å². The van der Waals surface area contributed by atoms with E-state index in [4.69, 9.17) is 0 Å². The second kappa shape index (κ2) is 9.21. The maximum Gasteiger partial charge on any atom is 0.223 e. The number of carbonyl (C=O) groups excluding carboxylic acids is 2. The van der Waals surface area contributed by atoms with Crippen molar-refractivity contribution in [2.75, 3.05) is 13.1 Å². The predicted molar refractivity (Wildman–Crippen MR) is 115 cm³/mol. The lowest BCUT2D eigenvalue weighted by molar-refractivity contribution is -0.133. The fourth-order valence-corrected chi connectivity index (χ4v) is 4.97. The summed E-state index contributed by atoms with van der Waals surface area (Å²) in [5, 5.41) is 7.60. The monoisotopic (exact) mass is 418 g/mol. The van der Waals surface area contributed by atoms with Gasteiger partial charge in [0.2, 0.25) is 5.91 Å². The summed E-state index contributed by atoms with van der Waals surface area (Å²) in [4.78, 5) is 27.5. The molecule has 1 saturated heterocycles. The first-order valence-corrected chi connectivity index (χ1v) is 10.7. The van der Waals surface area contributed by atoms with Crippen LogP contribution in [0.2, 0.25) is 0 Å². The van der Waals surface area contributed by atoms with Crippen molar-refractivity contribution in [3.05, 3.63) is 58.3 Å². The molecule has 2 aromatic rings. The van der Waals surface area contributed by atoms with Crippen LogP contribution in [-0.2, 0) is 11.3 Å². The fraction of sp³-hybridized carbons (Fsp3) is 0.455. The van der Waals surface area contributed by atoms with E-state index in [0.717, 1.165) is 32.4 Å². The van der Waals surface area contributed by atoms with Crippen LogP contribution < -0.4 is 5.32 Å². The van der Waals surface area contributed by atoms with Crippen LogP contribution >= 0.6 is 23.7 Å². The molecule has 150 valence electrons. The fourth-order valence-electron chi connectivity index (χ4n) is 4.31. The molecule has 1 aliphatic heterocycles. The number of nitrogens with zero attached hydrogens (tertiary/aromatic N) is 1. The van der Waals surface area contributed by atoms with E-state index in [1.54, 1.807) is 11.3 Å². The Kier molecular flexibility index (Phi) is 6.91. The number of thiophene rings is 1. The Morgan fingerprint density at radius 1 is 1.11 bits per heavy atom. The summed E-state index contributed by atoms with van der Waals surface area (Å²) >= 11 is 1.67. The van der Waals surface area contributed by atoms with Crippen molar-refractivity contribution >= 4 is 35.4 Å². The number of nitrogens with one attached hydrogen (secondary N) is 1. The van der Waals surface area contributed by atoms with E-state index in [1.165, 1.54) is 5.56 Å². The van der Waals surface area contributed by atoms with Gasteiger partial charge in [-0.3, -0.25) is 9.59 Å². The summed E-state index contributed by atoms with van der Waals surface area (Å²) in [6.07, 6.45) is 3.98. The molecular formula is C22H27ClN2O2S. The Labute approximate surface area is 176 Å². The van der Waals surface area contributed by atoms with Crippen LogP contribution in [0.25, 0.3) is 0 Å². The SMILES string of the molecule is Cl.O=C(CCC(=O)N(Cc1ccsc1)C1CC12CCNCC2)c1ccccc1. The lowest BCUT2D eigenvalue weighted by Crippen LogP contribution is -2.39. The molecule has 28 heavy (non-hydrogen) atoms. The van der Waals surface area contributed by atoms with Crippen molar-refractivity contribution in [3.8, 4) is 0 Å². The molecule has 1 aliphatic carbocycles. The summed E-state index contributed by atoms with van der Waals surface area (Å²) in [5.74, 6) is 0.165. The molecule has 1 aromatic heterocycles. The third-order valence-electron chi connectivity index (χ3n) is 6.04. The summed E-state index contributed by atoms with van der Waals surface area (Å²) in [5.41, 5.74) is 2.19. The number of benzene rings is 1. The van der Waals surface area contributed by atoms with Crippen LogP contribution in [0.5, 0.6) is 0 Å². The molecule has 0 bridgehead atoms. The number of carbonyl (C=O) groups is 2. The minimum absolute atomic E-state index is 0. The Morgan fingerprint density at radius 2 is 1.86 bits per heavy atom. The van der Waals surface area contributed by atoms with Crippen molar-refractivity contribution in [2.24, 2.45) is 5.41 Å². The lowest BCUT2D eigenvalue weighted by Gasteiger charge is -2.29. The molecule has 2 fully saturated rings. The van der Waals surface area contributed by atoms with Gasteiger partial charge in [0, 0.05) is 31.0 Å². The molecule has 1 aromatic carbocycles. The highest BCUT2D eigenvalue weighted by atomic mass is 35.5. The van der Waals surface area contributed by atoms with Crippen molar-refractivity contribution < 1.29 is 9.59 Å². The summed E-state index contributed by atoms with van der Waals surface area (Å²) in [6, 6.07) is 11.7. The number of hydrogen-bond acceptors (Lipinski definition) is 4. The van der Waals surface area contributed by atoms with Crippen LogP contribution in [0.15, 0.2) is 47.2 Å². The van der Waals surface area contributed by atoms with Crippen LogP contribution in [-0.4, -0.2) is 35.7 Å². The first kappa shape index (κ1) is 21.0. The number of Topliss-reactive ketones (excluding diaryl/α,β-unsaturated/α-hetero) is 1. The summed E-state index contributed by atoms with van der Waals surface area (Å²) in [6.45, 7) is 2.76. The highest BCUT2D eigenvalue weighted by Gasteiger charge is 2.57. The van der Waals surface area contributed by atoms with Crippen LogP contribution in [0.4, 0.5) is 0 Å². The van der Waals surface area contributed by atoms with Gasteiger partial charge in [-0.1, -0.05) is 30.3 Å². The van der Waals surface area contributed by atoms with E-state index in [0.29, 0.717) is 30.0 Å². The highest BCUT2D eigenvalue weighted by Crippen LogP contribution is 2.56. The highest BCUT2D eigenvalue weighted by molar-refractivity contribution is 7.07. The smallest absolute Gasteiger partial charge is 0.223 e. The largest absolute Gasteiger partial charge is 0.335 e. The molecule has 1 amide bonds. The molecular weight excluding hydrogens is 392 g/mol. The topological polar surface area (TPSA) is 49.4 Å². The first-order valence-electron chi connectivity index (χ1n) is 9.77. The van der Waals surface area contributed by atoms with Gasteiger partial charge in [-0.2, -0.15) is 11.3 Å². The third kappa shape index (κ3) is 4.65. The van der Waals surface area contributed by atoms with Crippen LogP contribution in [0, 0.1) is 5.41 Å². The average molecular weight is 419 g/mol. The molecule has 2 aliphatic rings. The number of hydrogen-bond donors (Lipinski definition) is 1. The zero-order chi connectivity index (χ0) is 18.7. The van der Waals surface area contributed by atoms with Gasteiger partial charge < -0.3 is 10.2 Å². The van der Waals surface area contributed by atoms with E-state index < -0.39 is 0 Å².